The molecule has 0 saturated heterocycles. The second kappa shape index (κ2) is 17.3. The Bertz CT molecular complexity index is 284. The van der Waals surface area contributed by atoms with Crippen LogP contribution in [0.5, 0.6) is 0 Å². The summed E-state index contributed by atoms with van der Waals surface area (Å²) in [5.41, 5.74) is 0. The predicted molar refractivity (Wildman–Crippen MR) is 78.4 cm³/mol. The zero-order valence-corrected chi connectivity index (χ0v) is 16.1. The van der Waals surface area contributed by atoms with Crippen molar-refractivity contribution in [2.75, 3.05) is 6.61 Å². The van der Waals surface area contributed by atoms with Crippen molar-refractivity contribution in [1.29, 1.82) is 0 Å². The number of esters is 1. The first kappa shape index (κ1) is 24.2. The van der Waals surface area contributed by atoms with Gasteiger partial charge in [0.15, 0.2) is 0 Å². The van der Waals surface area contributed by atoms with Gasteiger partial charge in [-0.25, -0.2) is 0 Å². The van der Waals surface area contributed by atoms with Crippen LogP contribution in [0.15, 0.2) is 0 Å². The predicted octanol–water partition coefficient (Wildman–Crippen LogP) is -1.04. The average Bonchev–Trinajstić information content (AvgIpc) is 2.44. The van der Waals surface area contributed by atoms with Gasteiger partial charge in [0.05, 0.1) is 19.0 Å². The van der Waals surface area contributed by atoms with E-state index in [2.05, 4.69) is 6.92 Å². The SMILES string of the molecule is CCCCCCCCCCCCOC(=O)CC(O)C(=O)[O-].[Na+]. The Morgan fingerprint density at radius 2 is 1.41 bits per heavy atom. The maximum absolute atomic E-state index is 11.1. The molecule has 0 aliphatic rings. The Labute approximate surface area is 156 Å². The Kier molecular flexibility index (Phi) is 18.9. The zero-order valence-electron chi connectivity index (χ0n) is 14.1. The molecule has 0 fully saturated rings. The summed E-state index contributed by atoms with van der Waals surface area (Å²) in [5, 5.41) is 19.1. The molecular formula is C16H29NaO5. The fourth-order valence-corrected chi connectivity index (χ4v) is 2.08. The first-order chi connectivity index (χ1) is 10.1. The molecule has 0 aromatic rings. The molecule has 22 heavy (non-hydrogen) atoms. The Morgan fingerprint density at radius 1 is 0.955 bits per heavy atom. The molecule has 0 rings (SSSR count). The molecule has 124 valence electrons. The van der Waals surface area contributed by atoms with E-state index in [-0.39, 0.29) is 36.2 Å². The summed E-state index contributed by atoms with van der Waals surface area (Å²) in [6.45, 7) is 2.50. The van der Waals surface area contributed by atoms with Crippen LogP contribution >= 0.6 is 0 Å². The summed E-state index contributed by atoms with van der Waals surface area (Å²) >= 11 is 0. The molecule has 1 unspecified atom stereocenters. The van der Waals surface area contributed by atoms with Gasteiger partial charge < -0.3 is 19.7 Å². The summed E-state index contributed by atoms with van der Waals surface area (Å²) in [4.78, 5) is 21.4. The molecule has 0 aliphatic heterocycles. The van der Waals surface area contributed by atoms with Gasteiger partial charge in [-0.05, 0) is 6.42 Å². The van der Waals surface area contributed by atoms with Crippen molar-refractivity contribution < 1.29 is 54.1 Å². The number of aliphatic hydroxyl groups excluding tert-OH is 1. The number of hydrogen-bond donors (Lipinski definition) is 1. The number of carbonyl (C=O) groups is 2. The van der Waals surface area contributed by atoms with Crippen LogP contribution in [0.25, 0.3) is 0 Å². The summed E-state index contributed by atoms with van der Waals surface area (Å²) in [7, 11) is 0. The number of ether oxygens (including phenoxy) is 1. The van der Waals surface area contributed by atoms with Gasteiger partial charge in [-0.2, -0.15) is 0 Å². The van der Waals surface area contributed by atoms with Crippen molar-refractivity contribution in [3.63, 3.8) is 0 Å². The number of unbranched alkanes of at least 4 members (excludes halogenated alkanes) is 9. The van der Waals surface area contributed by atoms with Crippen molar-refractivity contribution in [1.82, 2.24) is 0 Å². The minimum atomic E-state index is -1.77. The number of hydrogen-bond acceptors (Lipinski definition) is 5. The van der Waals surface area contributed by atoms with Crippen molar-refractivity contribution in [3.05, 3.63) is 0 Å². The van der Waals surface area contributed by atoms with E-state index >= 15 is 0 Å². The number of aliphatic hydroxyl groups is 1. The average molecular weight is 324 g/mol. The van der Waals surface area contributed by atoms with Gasteiger partial charge >= 0.3 is 35.5 Å². The topological polar surface area (TPSA) is 86.7 Å². The van der Waals surface area contributed by atoms with E-state index in [1.165, 1.54) is 44.9 Å². The monoisotopic (exact) mass is 324 g/mol. The van der Waals surface area contributed by atoms with Crippen molar-refractivity contribution >= 4 is 11.9 Å². The normalized spacial score (nSPS) is 11.5. The van der Waals surface area contributed by atoms with E-state index in [0.29, 0.717) is 0 Å². The van der Waals surface area contributed by atoms with Gasteiger partial charge in [-0.1, -0.05) is 64.7 Å². The van der Waals surface area contributed by atoms with Crippen molar-refractivity contribution in [2.45, 2.75) is 83.7 Å². The Hall–Kier alpha value is -0.100. The van der Waals surface area contributed by atoms with Gasteiger partial charge in [0.25, 0.3) is 0 Å². The number of carboxylic acid groups (broad SMARTS) is 1. The number of rotatable bonds is 14. The maximum atomic E-state index is 11.1. The van der Waals surface area contributed by atoms with Crippen LogP contribution in [0.3, 0.4) is 0 Å². The summed E-state index contributed by atoms with van der Waals surface area (Å²) in [5.74, 6) is -2.34. The van der Waals surface area contributed by atoms with Crippen LogP contribution in [0.4, 0.5) is 0 Å². The molecule has 0 saturated carbocycles. The van der Waals surface area contributed by atoms with E-state index in [4.69, 9.17) is 9.84 Å². The summed E-state index contributed by atoms with van der Waals surface area (Å²) in [6, 6.07) is 0. The van der Waals surface area contributed by atoms with Crippen LogP contribution in [-0.4, -0.2) is 29.8 Å². The van der Waals surface area contributed by atoms with Gasteiger partial charge in [0.1, 0.15) is 6.10 Å². The van der Waals surface area contributed by atoms with E-state index in [1.54, 1.807) is 0 Å². The Balaban J connectivity index is 0. The second-order valence-electron chi connectivity index (χ2n) is 5.44. The number of carboxylic acids is 1. The fraction of sp³-hybridized carbons (Fsp3) is 0.875. The quantitative estimate of drug-likeness (QED) is 0.250. The van der Waals surface area contributed by atoms with Gasteiger partial charge in [-0.3, -0.25) is 4.79 Å². The largest absolute Gasteiger partial charge is 1.00 e. The molecule has 0 radical (unpaired) electrons. The summed E-state index contributed by atoms with van der Waals surface area (Å²) in [6.07, 6.45) is 9.65. The maximum Gasteiger partial charge on any atom is 1.00 e. The molecule has 0 aromatic carbocycles. The van der Waals surface area contributed by atoms with E-state index < -0.39 is 24.5 Å². The van der Waals surface area contributed by atoms with Crippen LogP contribution in [0.2, 0.25) is 0 Å². The molecule has 6 heteroatoms. The van der Waals surface area contributed by atoms with E-state index in [1.807, 2.05) is 0 Å². The third-order valence-electron chi connectivity index (χ3n) is 3.39. The van der Waals surface area contributed by atoms with Gasteiger partial charge in [-0.15, -0.1) is 0 Å². The van der Waals surface area contributed by atoms with Crippen LogP contribution in [0.1, 0.15) is 77.6 Å². The first-order valence-corrected chi connectivity index (χ1v) is 8.12. The van der Waals surface area contributed by atoms with Crippen molar-refractivity contribution in [3.8, 4) is 0 Å². The smallest absolute Gasteiger partial charge is 0.547 e. The van der Waals surface area contributed by atoms with Crippen LogP contribution < -0.4 is 34.7 Å². The number of carbonyl (C=O) groups excluding carboxylic acids is 2. The molecule has 0 aromatic heterocycles. The van der Waals surface area contributed by atoms with Crippen LogP contribution in [0, 0.1) is 0 Å². The molecule has 1 atom stereocenters. The Morgan fingerprint density at radius 3 is 1.86 bits per heavy atom. The van der Waals surface area contributed by atoms with Crippen molar-refractivity contribution in [2.24, 2.45) is 0 Å². The molecule has 0 amide bonds. The van der Waals surface area contributed by atoms with E-state index in [9.17, 15) is 14.7 Å². The van der Waals surface area contributed by atoms with Crippen LogP contribution in [-0.2, 0) is 14.3 Å². The second-order valence-corrected chi connectivity index (χ2v) is 5.44. The minimum Gasteiger partial charge on any atom is -0.547 e. The first-order valence-electron chi connectivity index (χ1n) is 8.12. The molecular weight excluding hydrogens is 295 g/mol. The zero-order chi connectivity index (χ0) is 15.9. The molecule has 0 heterocycles. The van der Waals surface area contributed by atoms with Gasteiger partial charge in [0.2, 0.25) is 0 Å². The molecule has 0 aliphatic carbocycles. The molecule has 5 nitrogen and oxygen atoms in total. The molecule has 0 spiro atoms. The minimum absolute atomic E-state index is 0. The third-order valence-corrected chi connectivity index (χ3v) is 3.39. The third kappa shape index (κ3) is 16.3. The van der Waals surface area contributed by atoms with Gasteiger partial charge in [0, 0.05) is 0 Å². The standard InChI is InChI=1S/C16H30O5.Na/c1-2-3-4-5-6-7-8-9-10-11-12-21-15(18)13-14(17)16(19)20;/h14,17H,2-13H2,1H3,(H,19,20);/q;+1/p-1. The number of aliphatic carboxylic acids is 1. The summed E-state index contributed by atoms with van der Waals surface area (Å²) < 4.78 is 4.84. The molecule has 1 N–H and O–H groups in total. The van der Waals surface area contributed by atoms with E-state index in [0.717, 1.165) is 19.3 Å². The fourth-order valence-electron chi connectivity index (χ4n) is 2.08. The molecule has 0 bridgehead atoms.